The summed E-state index contributed by atoms with van der Waals surface area (Å²) in [6.07, 6.45) is -1.04. The van der Waals surface area contributed by atoms with Crippen molar-refractivity contribution in [2.45, 2.75) is 26.9 Å². The third-order valence-electron chi connectivity index (χ3n) is 4.07. The van der Waals surface area contributed by atoms with Crippen molar-refractivity contribution in [2.75, 3.05) is 18.0 Å². The lowest BCUT2D eigenvalue weighted by atomic mass is 9.94. The first kappa shape index (κ1) is 17.0. The van der Waals surface area contributed by atoms with Crippen LogP contribution in [0.4, 0.5) is 5.69 Å². The highest BCUT2D eigenvalue weighted by Gasteiger charge is 2.20. The van der Waals surface area contributed by atoms with E-state index in [1.54, 1.807) is 36.4 Å². The van der Waals surface area contributed by atoms with Crippen LogP contribution in [0.15, 0.2) is 42.5 Å². The maximum absolute atomic E-state index is 11.7. The third kappa shape index (κ3) is 3.54. The number of hydrogen-bond acceptors (Lipinski definition) is 4. The number of rotatable bonds is 6. The van der Waals surface area contributed by atoms with Gasteiger partial charge in [-0.3, -0.25) is 4.79 Å². The summed E-state index contributed by atoms with van der Waals surface area (Å²) >= 11 is 0. The van der Waals surface area contributed by atoms with E-state index in [0.29, 0.717) is 16.7 Å². The van der Waals surface area contributed by atoms with E-state index in [1.807, 2.05) is 19.9 Å². The van der Waals surface area contributed by atoms with Gasteiger partial charge in [-0.05, 0) is 32.4 Å². The molecule has 2 rings (SSSR count). The van der Waals surface area contributed by atoms with Crippen LogP contribution in [0.1, 0.15) is 48.4 Å². The summed E-state index contributed by atoms with van der Waals surface area (Å²) in [5.41, 5.74) is 2.27. The van der Waals surface area contributed by atoms with Crippen molar-refractivity contribution in [1.82, 2.24) is 0 Å². The van der Waals surface area contributed by atoms with Gasteiger partial charge in [0.15, 0.2) is 5.78 Å². The number of aliphatic hydroxyl groups is 1. The van der Waals surface area contributed by atoms with Crippen molar-refractivity contribution >= 4 is 11.5 Å². The maximum Gasteiger partial charge on any atom is 0.160 e. The predicted molar refractivity (Wildman–Crippen MR) is 92.2 cm³/mol. The van der Waals surface area contributed by atoms with E-state index in [1.165, 1.54) is 6.92 Å². The molecule has 1 atom stereocenters. The van der Waals surface area contributed by atoms with E-state index >= 15 is 0 Å². The normalized spacial score (nSPS) is 12.0. The second-order valence-electron chi connectivity index (χ2n) is 5.46. The highest BCUT2D eigenvalue weighted by Crippen LogP contribution is 2.34. The Labute approximate surface area is 137 Å². The Morgan fingerprint density at radius 3 is 2.30 bits per heavy atom. The molecular weight excluding hydrogens is 290 g/mol. The number of phenols is 1. The van der Waals surface area contributed by atoms with Crippen LogP contribution in [-0.2, 0) is 0 Å². The van der Waals surface area contributed by atoms with E-state index in [4.69, 9.17) is 0 Å². The van der Waals surface area contributed by atoms with Crippen molar-refractivity contribution in [3.63, 3.8) is 0 Å². The predicted octanol–water partition coefficient (Wildman–Crippen LogP) is 3.52. The number of nitrogens with zero attached hydrogens (tertiary/aromatic N) is 1. The van der Waals surface area contributed by atoms with Gasteiger partial charge in [0.2, 0.25) is 0 Å². The average molecular weight is 313 g/mol. The first-order chi connectivity index (χ1) is 11.0. The molecular formula is C19H23NO3. The smallest absolute Gasteiger partial charge is 0.160 e. The number of Topliss-reactive ketones (excluding diaryl/α,β-unsaturated/α-hetero) is 1. The van der Waals surface area contributed by atoms with Crippen LogP contribution >= 0.6 is 0 Å². The summed E-state index contributed by atoms with van der Waals surface area (Å²) in [4.78, 5) is 13.8. The zero-order chi connectivity index (χ0) is 17.0. The first-order valence-electron chi connectivity index (χ1n) is 7.85. The van der Waals surface area contributed by atoms with Crippen LogP contribution in [-0.4, -0.2) is 29.1 Å². The minimum Gasteiger partial charge on any atom is -0.507 e. The molecule has 4 heteroatoms. The SMILES string of the molecule is CCN(CC)c1ccc(C(O)c2ccccc2C(C)=O)c(O)c1. The Bertz CT molecular complexity index is 693. The number of carbonyl (C=O) groups excluding carboxylic acids is 1. The minimum atomic E-state index is -1.04. The Morgan fingerprint density at radius 2 is 1.74 bits per heavy atom. The first-order valence-corrected chi connectivity index (χ1v) is 7.85. The van der Waals surface area contributed by atoms with Crippen LogP contribution in [0.3, 0.4) is 0 Å². The molecule has 0 spiro atoms. The van der Waals surface area contributed by atoms with Gasteiger partial charge in [-0.25, -0.2) is 0 Å². The minimum absolute atomic E-state index is 0.0280. The largest absolute Gasteiger partial charge is 0.507 e. The average Bonchev–Trinajstić information content (AvgIpc) is 2.55. The van der Waals surface area contributed by atoms with Gasteiger partial charge in [0, 0.05) is 36.0 Å². The van der Waals surface area contributed by atoms with E-state index < -0.39 is 6.10 Å². The highest BCUT2D eigenvalue weighted by molar-refractivity contribution is 5.95. The molecule has 0 fully saturated rings. The Kier molecular flexibility index (Phi) is 5.40. The fourth-order valence-electron chi connectivity index (χ4n) is 2.77. The maximum atomic E-state index is 11.7. The van der Waals surface area contributed by atoms with Crippen molar-refractivity contribution in [3.05, 3.63) is 59.2 Å². The highest BCUT2D eigenvalue weighted by atomic mass is 16.3. The van der Waals surface area contributed by atoms with Gasteiger partial charge in [-0.15, -0.1) is 0 Å². The second kappa shape index (κ2) is 7.29. The number of carbonyl (C=O) groups is 1. The molecule has 23 heavy (non-hydrogen) atoms. The van der Waals surface area contributed by atoms with E-state index in [0.717, 1.165) is 18.8 Å². The fourth-order valence-corrected chi connectivity index (χ4v) is 2.77. The summed E-state index contributed by atoms with van der Waals surface area (Å²) in [5.74, 6) is -0.0841. The molecule has 2 aromatic rings. The zero-order valence-corrected chi connectivity index (χ0v) is 13.8. The molecule has 2 N–H and O–H groups in total. The Balaban J connectivity index is 2.41. The molecule has 0 saturated heterocycles. The van der Waals surface area contributed by atoms with Gasteiger partial charge in [-0.2, -0.15) is 0 Å². The van der Waals surface area contributed by atoms with Gasteiger partial charge in [-0.1, -0.05) is 30.3 Å². The van der Waals surface area contributed by atoms with Crippen LogP contribution < -0.4 is 4.90 Å². The van der Waals surface area contributed by atoms with Crippen molar-refractivity contribution in [3.8, 4) is 5.75 Å². The van der Waals surface area contributed by atoms with Crippen LogP contribution in [0.2, 0.25) is 0 Å². The lowest BCUT2D eigenvalue weighted by Crippen LogP contribution is -2.21. The summed E-state index contributed by atoms with van der Waals surface area (Å²) in [6, 6.07) is 12.2. The molecule has 122 valence electrons. The zero-order valence-electron chi connectivity index (χ0n) is 13.8. The molecule has 0 aromatic heterocycles. The third-order valence-corrected chi connectivity index (χ3v) is 4.07. The van der Waals surface area contributed by atoms with E-state index in [9.17, 15) is 15.0 Å². The molecule has 4 nitrogen and oxygen atoms in total. The number of ketones is 1. The molecule has 0 heterocycles. The lowest BCUT2D eigenvalue weighted by molar-refractivity contribution is 0.101. The number of aromatic hydroxyl groups is 1. The van der Waals surface area contributed by atoms with Gasteiger partial charge in [0.1, 0.15) is 11.9 Å². The van der Waals surface area contributed by atoms with Crippen LogP contribution in [0, 0.1) is 0 Å². The van der Waals surface area contributed by atoms with Gasteiger partial charge < -0.3 is 15.1 Å². The Hall–Kier alpha value is -2.33. The van der Waals surface area contributed by atoms with Crippen LogP contribution in [0.5, 0.6) is 5.75 Å². The summed E-state index contributed by atoms with van der Waals surface area (Å²) in [7, 11) is 0. The number of anilines is 1. The lowest BCUT2D eigenvalue weighted by Gasteiger charge is -2.23. The molecule has 0 amide bonds. The molecule has 0 aliphatic carbocycles. The monoisotopic (exact) mass is 313 g/mol. The standard InChI is InChI=1S/C19H23NO3/c1-4-20(5-2)14-10-11-17(18(22)12-14)19(23)16-9-7-6-8-15(16)13(3)21/h6-12,19,22-23H,4-5H2,1-3H3. The molecule has 0 aliphatic heterocycles. The number of phenolic OH excluding ortho intramolecular Hbond substituents is 1. The molecule has 0 aliphatic rings. The van der Waals surface area contributed by atoms with Crippen molar-refractivity contribution < 1.29 is 15.0 Å². The molecule has 2 aromatic carbocycles. The number of hydrogen-bond donors (Lipinski definition) is 2. The van der Waals surface area contributed by atoms with Crippen molar-refractivity contribution in [1.29, 1.82) is 0 Å². The summed E-state index contributed by atoms with van der Waals surface area (Å²) < 4.78 is 0. The van der Waals surface area contributed by atoms with Crippen LogP contribution in [0.25, 0.3) is 0 Å². The fraction of sp³-hybridized carbons (Fsp3) is 0.316. The second-order valence-corrected chi connectivity index (χ2v) is 5.46. The van der Waals surface area contributed by atoms with Gasteiger partial charge in [0.25, 0.3) is 0 Å². The van der Waals surface area contributed by atoms with E-state index in [-0.39, 0.29) is 11.5 Å². The number of benzene rings is 2. The van der Waals surface area contributed by atoms with Gasteiger partial charge >= 0.3 is 0 Å². The Morgan fingerprint density at radius 1 is 1.09 bits per heavy atom. The molecule has 0 bridgehead atoms. The van der Waals surface area contributed by atoms with Crippen molar-refractivity contribution in [2.24, 2.45) is 0 Å². The molecule has 0 saturated carbocycles. The number of aliphatic hydroxyl groups excluding tert-OH is 1. The van der Waals surface area contributed by atoms with Gasteiger partial charge in [0.05, 0.1) is 0 Å². The topological polar surface area (TPSA) is 60.8 Å². The molecule has 0 radical (unpaired) electrons. The quantitative estimate of drug-likeness (QED) is 0.801. The molecule has 1 unspecified atom stereocenters. The van der Waals surface area contributed by atoms with E-state index in [2.05, 4.69) is 4.90 Å². The summed E-state index contributed by atoms with van der Waals surface area (Å²) in [6.45, 7) is 7.24. The summed E-state index contributed by atoms with van der Waals surface area (Å²) in [5, 5.41) is 20.9.